The molecular formula is C19H26N2O. The molecule has 0 spiro atoms. The highest BCUT2D eigenvalue weighted by Gasteiger charge is 2.18. The Kier molecular flexibility index (Phi) is 4.63. The molecule has 1 aliphatic carbocycles. The summed E-state index contributed by atoms with van der Waals surface area (Å²) >= 11 is 0. The molecule has 1 aromatic carbocycles. The van der Waals surface area contributed by atoms with Crippen molar-refractivity contribution in [3.8, 4) is 5.75 Å². The number of rotatable bonds is 5. The number of hydrogen-bond donors (Lipinski definition) is 1. The summed E-state index contributed by atoms with van der Waals surface area (Å²) in [6.45, 7) is 6.46. The fourth-order valence-corrected chi connectivity index (χ4v) is 3.31. The summed E-state index contributed by atoms with van der Waals surface area (Å²) in [5.74, 6) is 1.58. The Bertz CT molecular complexity index is 664. The zero-order chi connectivity index (χ0) is 15.5. The van der Waals surface area contributed by atoms with Gasteiger partial charge >= 0.3 is 0 Å². The third kappa shape index (κ3) is 3.09. The smallest absolute Gasteiger partial charge is 0.119 e. The third-order valence-corrected chi connectivity index (χ3v) is 4.44. The number of aromatic nitrogens is 1. The van der Waals surface area contributed by atoms with Crippen LogP contribution in [-0.2, 0) is 19.4 Å². The first-order valence-corrected chi connectivity index (χ1v) is 8.38. The van der Waals surface area contributed by atoms with Crippen molar-refractivity contribution in [2.24, 2.45) is 5.92 Å². The van der Waals surface area contributed by atoms with Gasteiger partial charge in [-0.2, -0.15) is 0 Å². The van der Waals surface area contributed by atoms with Gasteiger partial charge in [-0.25, -0.2) is 0 Å². The maximum absolute atomic E-state index is 5.42. The van der Waals surface area contributed by atoms with Crippen LogP contribution in [0.1, 0.15) is 43.5 Å². The predicted octanol–water partition coefficient (Wildman–Crippen LogP) is 3.87. The molecule has 3 heteroatoms. The molecule has 3 nitrogen and oxygen atoms in total. The van der Waals surface area contributed by atoms with Crippen molar-refractivity contribution >= 4 is 10.9 Å². The van der Waals surface area contributed by atoms with Crippen molar-refractivity contribution in [1.82, 2.24) is 10.3 Å². The van der Waals surface area contributed by atoms with Gasteiger partial charge in [-0.15, -0.1) is 0 Å². The van der Waals surface area contributed by atoms with Crippen molar-refractivity contribution in [1.29, 1.82) is 0 Å². The summed E-state index contributed by atoms with van der Waals surface area (Å²) in [7, 11) is 1.73. The first-order valence-electron chi connectivity index (χ1n) is 8.38. The summed E-state index contributed by atoms with van der Waals surface area (Å²) in [4.78, 5) is 4.91. The van der Waals surface area contributed by atoms with Crippen LogP contribution in [0, 0.1) is 5.92 Å². The Morgan fingerprint density at radius 3 is 2.82 bits per heavy atom. The number of methoxy groups -OCH3 is 1. The number of nitrogens with zero attached hydrogens (tertiary/aromatic N) is 1. The van der Waals surface area contributed by atoms with E-state index in [9.17, 15) is 0 Å². The molecule has 0 atom stereocenters. The van der Waals surface area contributed by atoms with E-state index in [4.69, 9.17) is 9.72 Å². The number of pyridine rings is 1. The average Bonchev–Trinajstić information content (AvgIpc) is 2.53. The summed E-state index contributed by atoms with van der Waals surface area (Å²) < 4.78 is 5.42. The zero-order valence-electron chi connectivity index (χ0n) is 13.9. The normalized spacial score (nSPS) is 14.4. The van der Waals surface area contributed by atoms with Crippen LogP contribution in [0.5, 0.6) is 5.75 Å². The molecule has 118 valence electrons. The second-order valence-corrected chi connectivity index (χ2v) is 6.63. The van der Waals surface area contributed by atoms with Gasteiger partial charge in [0.15, 0.2) is 0 Å². The van der Waals surface area contributed by atoms with Crippen LogP contribution in [-0.4, -0.2) is 18.6 Å². The molecule has 0 saturated heterocycles. The van der Waals surface area contributed by atoms with Gasteiger partial charge in [-0.05, 0) is 67.5 Å². The molecule has 3 rings (SSSR count). The highest BCUT2D eigenvalue weighted by Crippen LogP contribution is 2.31. The SMILES string of the molecule is COc1ccc2nc3c(c(CNCC(C)C)c2c1)CCCC3. The molecule has 0 radical (unpaired) electrons. The molecule has 0 amide bonds. The quantitative estimate of drug-likeness (QED) is 0.910. The molecular weight excluding hydrogens is 272 g/mol. The van der Waals surface area contributed by atoms with E-state index in [2.05, 4.69) is 31.3 Å². The molecule has 0 saturated carbocycles. The van der Waals surface area contributed by atoms with Gasteiger partial charge in [0.05, 0.1) is 12.6 Å². The van der Waals surface area contributed by atoms with Crippen molar-refractivity contribution in [3.63, 3.8) is 0 Å². The fraction of sp³-hybridized carbons (Fsp3) is 0.526. The third-order valence-electron chi connectivity index (χ3n) is 4.44. The van der Waals surface area contributed by atoms with Crippen LogP contribution in [0.4, 0.5) is 0 Å². The van der Waals surface area contributed by atoms with Crippen LogP contribution >= 0.6 is 0 Å². The fourth-order valence-electron chi connectivity index (χ4n) is 3.31. The number of hydrogen-bond acceptors (Lipinski definition) is 3. The predicted molar refractivity (Wildman–Crippen MR) is 91.5 cm³/mol. The molecule has 1 N–H and O–H groups in total. The summed E-state index contributed by atoms with van der Waals surface area (Å²) in [5.41, 5.74) is 5.32. The largest absolute Gasteiger partial charge is 0.497 e. The first kappa shape index (κ1) is 15.3. The van der Waals surface area contributed by atoms with Crippen LogP contribution in [0.3, 0.4) is 0 Å². The topological polar surface area (TPSA) is 34.1 Å². The van der Waals surface area contributed by atoms with E-state index < -0.39 is 0 Å². The van der Waals surface area contributed by atoms with Gasteiger partial charge in [0.25, 0.3) is 0 Å². The van der Waals surface area contributed by atoms with Gasteiger partial charge in [-0.3, -0.25) is 4.98 Å². The lowest BCUT2D eigenvalue weighted by Gasteiger charge is -2.21. The molecule has 0 unspecified atom stereocenters. The molecule has 1 heterocycles. The summed E-state index contributed by atoms with van der Waals surface area (Å²) in [5, 5.41) is 4.86. The van der Waals surface area contributed by atoms with E-state index >= 15 is 0 Å². The number of benzene rings is 1. The minimum absolute atomic E-state index is 0.665. The van der Waals surface area contributed by atoms with E-state index in [0.29, 0.717) is 5.92 Å². The van der Waals surface area contributed by atoms with Crippen LogP contribution in [0.25, 0.3) is 10.9 Å². The lowest BCUT2D eigenvalue weighted by Crippen LogP contribution is -2.21. The maximum atomic E-state index is 5.42. The Balaban J connectivity index is 2.06. The van der Waals surface area contributed by atoms with E-state index in [0.717, 1.165) is 37.2 Å². The molecule has 2 aromatic rings. The van der Waals surface area contributed by atoms with Gasteiger partial charge in [0.2, 0.25) is 0 Å². The standard InChI is InChI=1S/C19H26N2O/c1-13(2)11-20-12-17-15-6-4-5-7-18(15)21-19-9-8-14(22-3)10-16(17)19/h8-10,13,20H,4-7,11-12H2,1-3H3. The van der Waals surface area contributed by atoms with Gasteiger partial charge in [0, 0.05) is 17.6 Å². The average molecular weight is 298 g/mol. The molecule has 0 aliphatic heterocycles. The summed E-state index contributed by atoms with van der Waals surface area (Å²) in [6.07, 6.45) is 4.82. The van der Waals surface area contributed by atoms with Gasteiger partial charge in [0.1, 0.15) is 5.75 Å². The highest BCUT2D eigenvalue weighted by molar-refractivity contribution is 5.85. The minimum atomic E-state index is 0.665. The van der Waals surface area contributed by atoms with Crippen molar-refractivity contribution in [3.05, 3.63) is 35.0 Å². The molecule has 0 bridgehead atoms. The second kappa shape index (κ2) is 6.66. The summed E-state index contributed by atoms with van der Waals surface area (Å²) in [6, 6.07) is 6.24. The molecule has 1 aromatic heterocycles. The molecule has 22 heavy (non-hydrogen) atoms. The number of aryl methyl sites for hydroxylation is 1. The van der Waals surface area contributed by atoms with E-state index in [1.807, 2.05) is 6.07 Å². The Morgan fingerprint density at radius 1 is 1.23 bits per heavy atom. The minimum Gasteiger partial charge on any atom is -0.497 e. The number of nitrogens with one attached hydrogen (secondary N) is 1. The van der Waals surface area contributed by atoms with Gasteiger partial charge < -0.3 is 10.1 Å². The Hall–Kier alpha value is -1.61. The highest BCUT2D eigenvalue weighted by atomic mass is 16.5. The maximum Gasteiger partial charge on any atom is 0.119 e. The number of fused-ring (bicyclic) bond motifs is 2. The zero-order valence-corrected chi connectivity index (χ0v) is 13.9. The monoisotopic (exact) mass is 298 g/mol. The van der Waals surface area contributed by atoms with Crippen molar-refractivity contribution in [2.45, 2.75) is 46.1 Å². The van der Waals surface area contributed by atoms with Crippen LogP contribution in [0.2, 0.25) is 0 Å². The van der Waals surface area contributed by atoms with Crippen molar-refractivity contribution < 1.29 is 4.74 Å². The van der Waals surface area contributed by atoms with E-state index in [-0.39, 0.29) is 0 Å². The van der Waals surface area contributed by atoms with Crippen LogP contribution in [0.15, 0.2) is 18.2 Å². The number of ether oxygens (including phenoxy) is 1. The Morgan fingerprint density at radius 2 is 2.05 bits per heavy atom. The molecule has 0 fully saturated rings. The van der Waals surface area contributed by atoms with Gasteiger partial charge in [-0.1, -0.05) is 13.8 Å². The van der Waals surface area contributed by atoms with E-state index in [1.54, 1.807) is 7.11 Å². The Labute approximate surface area is 133 Å². The first-order chi connectivity index (χ1) is 10.7. The van der Waals surface area contributed by atoms with E-state index in [1.165, 1.54) is 35.0 Å². The molecule has 1 aliphatic rings. The lowest BCUT2D eigenvalue weighted by molar-refractivity contribution is 0.415. The van der Waals surface area contributed by atoms with Crippen LogP contribution < -0.4 is 10.1 Å². The van der Waals surface area contributed by atoms with Crippen molar-refractivity contribution in [2.75, 3.05) is 13.7 Å². The second-order valence-electron chi connectivity index (χ2n) is 6.63. The lowest BCUT2D eigenvalue weighted by atomic mass is 9.89.